The van der Waals surface area contributed by atoms with Crippen LogP contribution in [0.1, 0.15) is 13.8 Å². The molecule has 2 atom stereocenters. The number of nitrogens with zero attached hydrogens (tertiary/aromatic N) is 1. The van der Waals surface area contributed by atoms with Crippen molar-refractivity contribution in [1.82, 2.24) is 0 Å². The maximum Gasteiger partial charge on any atom is 0.287 e. The molecule has 0 heterocycles. The van der Waals surface area contributed by atoms with E-state index in [-0.39, 0.29) is 10.2 Å². The summed E-state index contributed by atoms with van der Waals surface area (Å²) in [6.07, 6.45) is -1.08. The molecule has 5 nitrogen and oxygen atoms in total. The van der Waals surface area contributed by atoms with Gasteiger partial charge in [-0.15, -0.1) is 0 Å². The summed E-state index contributed by atoms with van der Waals surface area (Å²) in [6, 6.07) is 4.52. The van der Waals surface area contributed by atoms with Crippen molar-refractivity contribution < 1.29 is 14.8 Å². The Labute approximate surface area is 101 Å². The summed E-state index contributed by atoms with van der Waals surface area (Å²) >= 11 is 3.11. The molecule has 0 aliphatic rings. The van der Waals surface area contributed by atoms with E-state index in [1.165, 1.54) is 12.1 Å². The van der Waals surface area contributed by atoms with Crippen LogP contribution in [0.15, 0.2) is 22.7 Å². The minimum atomic E-state index is -0.647. The first kappa shape index (κ1) is 12.9. The van der Waals surface area contributed by atoms with Gasteiger partial charge in [0, 0.05) is 6.07 Å². The monoisotopic (exact) mass is 289 g/mol. The molecule has 0 aliphatic heterocycles. The Balaban J connectivity index is 2.98. The van der Waals surface area contributed by atoms with Gasteiger partial charge in [0.2, 0.25) is 0 Å². The molecule has 0 saturated heterocycles. The summed E-state index contributed by atoms with van der Waals surface area (Å²) in [5.74, 6) is 0.350. The van der Waals surface area contributed by atoms with Gasteiger partial charge < -0.3 is 9.84 Å². The van der Waals surface area contributed by atoms with Crippen molar-refractivity contribution in [3.63, 3.8) is 0 Å². The second kappa shape index (κ2) is 5.27. The van der Waals surface area contributed by atoms with E-state index in [2.05, 4.69) is 15.9 Å². The molecule has 0 aliphatic carbocycles. The van der Waals surface area contributed by atoms with E-state index in [9.17, 15) is 15.2 Å². The molecule has 0 bridgehead atoms. The summed E-state index contributed by atoms with van der Waals surface area (Å²) in [6.45, 7) is 3.28. The van der Waals surface area contributed by atoms with Crippen LogP contribution in [0, 0.1) is 10.1 Å². The van der Waals surface area contributed by atoms with Crippen molar-refractivity contribution in [3.8, 4) is 5.75 Å². The average Bonchev–Trinajstić information content (AvgIpc) is 2.20. The lowest BCUT2D eigenvalue weighted by Crippen LogP contribution is -2.25. The van der Waals surface area contributed by atoms with Gasteiger partial charge in [-0.05, 0) is 35.8 Å². The Hall–Kier alpha value is -1.14. The van der Waals surface area contributed by atoms with E-state index in [0.29, 0.717) is 5.75 Å². The van der Waals surface area contributed by atoms with Gasteiger partial charge in [-0.1, -0.05) is 6.07 Å². The molecule has 2 unspecified atom stereocenters. The first-order chi connectivity index (χ1) is 7.43. The fourth-order valence-electron chi connectivity index (χ4n) is 1.03. The lowest BCUT2D eigenvalue weighted by molar-refractivity contribution is -0.385. The predicted molar refractivity (Wildman–Crippen MR) is 62.6 cm³/mol. The maximum atomic E-state index is 10.7. The standard InChI is InChI=1S/C10H12BrNO4/c1-6(13)7(2)16-9-5-3-4-8(10(9)11)12(14)15/h3-7,13H,1-2H3. The molecule has 0 amide bonds. The summed E-state index contributed by atoms with van der Waals surface area (Å²) in [5.41, 5.74) is -0.0599. The van der Waals surface area contributed by atoms with Gasteiger partial charge >= 0.3 is 0 Å². The van der Waals surface area contributed by atoms with Crippen molar-refractivity contribution in [2.75, 3.05) is 0 Å². The number of aliphatic hydroxyl groups is 1. The second-order valence-corrected chi connectivity index (χ2v) is 4.20. The summed E-state index contributed by atoms with van der Waals surface area (Å²) in [7, 11) is 0. The molecule has 0 spiro atoms. The lowest BCUT2D eigenvalue weighted by atomic mass is 10.2. The second-order valence-electron chi connectivity index (χ2n) is 3.41. The van der Waals surface area contributed by atoms with Gasteiger partial charge in [0.25, 0.3) is 5.69 Å². The minimum absolute atomic E-state index is 0.0599. The molecule has 1 N–H and O–H groups in total. The van der Waals surface area contributed by atoms with Crippen LogP contribution in [0.2, 0.25) is 0 Å². The molecule has 6 heteroatoms. The number of hydrogen-bond donors (Lipinski definition) is 1. The SMILES string of the molecule is CC(O)C(C)Oc1cccc([N+](=O)[O-])c1Br. The first-order valence-corrected chi connectivity index (χ1v) is 5.50. The molecular formula is C10H12BrNO4. The van der Waals surface area contributed by atoms with Gasteiger partial charge in [0.1, 0.15) is 16.3 Å². The Morgan fingerprint density at radius 1 is 1.50 bits per heavy atom. The van der Waals surface area contributed by atoms with Crippen molar-refractivity contribution in [3.05, 3.63) is 32.8 Å². The lowest BCUT2D eigenvalue weighted by Gasteiger charge is -2.17. The Kier molecular flexibility index (Phi) is 4.26. The largest absolute Gasteiger partial charge is 0.487 e. The average molecular weight is 290 g/mol. The Morgan fingerprint density at radius 2 is 2.12 bits per heavy atom. The highest BCUT2D eigenvalue weighted by Gasteiger charge is 2.18. The number of rotatable bonds is 4. The minimum Gasteiger partial charge on any atom is -0.487 e. The van der Waals surface area contributed by atoms with E-state index in [1.807, 2.05) is 0 Å². The molecule has 0 aromatic heterocycles. The molecule has 1 rings (SSSR count). The van der Waals surface area contributed by atoms with Crippen LogP contribution in [-0.4, -0.2) is 22.2 Å². The smallest absolute Gasteiger partial charge is 0.287 e. The summed E-state index contributed by atoms with van der Waals surface area (Å²) < 4.78 is 5.68. The maximum absolute atomic E-state index is 10.7. The van der Waals surface area contributed by atoms with Gasteiger partial charge in [-0.25, -0.2) is 0 Å². The Morgan fingerprint density at radius 3 is 2.62 bits per heavy atom. The molecular weight excluding hydrogens is 278 g/mol. The number of hydrogen-bond acceptors (Lipinski definition) is 4. The number of ether oxygens (including phenoxy) is 1. The third-order valence-electron chi connectivity index (χ3n) is 2.13. The zero-order valence-corrected chi connectivity index (χ0v) is 10.5. The molecule has 16 heavy (non-hydrogen) atoms. The Bertz CT molecular complexity index is 394. The number of nitro groups is 1. The highest BCUT2D eigenvalue weighted by Crippen LogP contribution is 2.34. The van der Waals surface area contributed by atoms with E-state index in [1.54, 1.807) is 19.9 Å². The van der Waals surface area contributed by atoms with Crippen LogP contribution in [-0.2, 0) is 0 Å². The normalized spacial score (nSPS) is 14.2. The molecule has 1 aromatic carbocycles. The zero-order valence-electron chi connectivity index (χ0n) is 8.88. The third kappa shape index (κ3) is 2.93. The van der Waals surface area contributed by atoms with E-state index < -0.39 is 17.1 Å². The fourth-order valence-corrected chi connectivity index (χ4v) is 1.53. The quantitative estimate of drug-likeness (QED) is 0.683. The topological polar surface area (TPSA) is 72.6 Å². The van der Waals surface area contributed by atoms with Gasteiger partial charge in [-0.3, -0.25) is 10.1 Å². The molecule has 1 aromatic rings. The third-order valence-corrected chi connectivity index (χ3v) is 2.93. The van der Waals surface area contributed by atoms with Gasteiger partial charge in [-0.2, -0.15) is 0 Å². The number of nitro benzene ring substituents is 1. The molecule has 0 radical (unpaired) electrons. The zero-order chi connectivity index (χ0) is 12.3. The van der Waals surface area contributed by atoms with E-state index in [4.69, 9.17) is 4.74 Å². The highest BCUT2D eigenvalue weighted by molar-refractivity contribution is 9.10. The number of aliphatic hydroxyl groups excluding tert-OH is 1. The van der Waals surface area contributed by atoms with Gasteiger partial charge in [0.05, 0.1) is 11.0 Å². The predicted octanol–water partition coefficient (Wildman–Crippen LogP) is 2.51. The number of halogens is 1. The van der Waals surface area contributed by atoms with Crippen LogP contribution in [0.5, 0.6) is 5.75 Å². The van der Waals surface area contributed by atoms with Crippen LogP contribution in [0.25, 0.3) is 0 Å². The highest BCUT2D eigenvalue weighted by atomic mass is 79.9. The van der Waals surface area contributed by atoms with Crippen LogP contribution in [0.4, 0.5) is 5.69 Å². The first-order valence-electron chi connectivity index (χ1n) is 4.71. The van der Waals surface area contributed by atoms with Crippen LogP contribution < -0.4 is 4.74 Å². The van der Waals surface area contributed by atoms with Gasteiger partial charge in [0.15, 0.2) is 0 Å². The molecule has 0 fully saturated rings. The molecule has 0 saturated carbocycles. The fraction of sp³-hybridized carbons (Fsp3) is 0.400. The van der Waals surface area contributed by atoms with Crippen molar-refractivity contribution in [2.45, 2.75) is 26.1 Å². The summed E-state index contributed by atoms with van der Waals surface area (Å²) in [5, 5.41) is 19.9. The van der Waals surface area contributed by atoms with E-state index in [0.717, 1.165) is 0 Å². The van der Waals surface area contributed by atoms with Crippen molar-refractivity contribution in [1.29, 1.82) is 0 Å². The van der Waals surface area contributed by atoms with Crippen LogP contribution in [0.3, 0.4) is 0 Å². The summed E-state index contributed by atoms with van der Waals surface area (Å²) in [4.78, 5) is 10.2. The van der Waals surface area contributed by atoms with Crippen molar-refractivity contribution in [2.24, 2.45) is 0 Å². The van der Waals surface area contributed by atoms with Crippen LogP contribution >= 0.6 is 15.9 Å². The number of benzene rings is 1. The molecule has 88 valence electrons. The van der Waals surface area contributed by atoms with Crippen molar-refractivity contribution >= 4 is 21.6 Å². The van der Waals surface area contributed by atoms with E-state index >= 15 is 0 Å².